The Hall–Kier alpha value is -1.80. The Bertz CT molecular complexity index is 941. The van der Waals surface area contributed by atoms with Crippen LogP contribution in [0.25, 0.3) is 0 Å². The molecule has 2 heterocycles. The molecular formula is C20H21Cl2N3O3S. The number of fused-ring (bicyclic) bond motifs is 1. The predicted molar refractivity (Wildman–Crippen MR) is 117 cm³/mol. The van der Waals surface area contributed by atoms with Crippen LogP contribution in [0.5, 0.6) is 0 Å². The van der Waals surface area contributed by atoms with Gasteiger partial charge in [0.2, 0.25) is 0 Å². The van der Waals surface area contributed by atoms with Crippen LogP contribution in [0.15, 0.2) is 18.2 Å². The Labute approximate surface area is 183 Å². The number of aryl methyl sites for hydroxylation is 1. The van der Waals surface area contributed by atoms with Crippen molar-refractivity contribution in [1.29, 1.82) is 0 Å². The molecule has 1 aromatic heterocycles. The van der Waals surface area contributed by atoms with E-state index in [-0.39, 0.29) is 5.91 Å². The number of amides is 3. The van der Waals surface area contributed by atoms with Crippen molar-refractivity contribution in [2.45, 2.75) is 25.7 Å². The summed E-state index contributed by atoms with van der Waals surface area (Å²) >= 11 is 13.4. The van der Waals surface area contributed by atoms with Crippen molar-refractivity contribution in [3.05, 3.63) is 44.2 Å². The van der Waals surface area contributed by atoms with E-state index < -0.39 is 6.03 Å². The fraction of sp³-hybridized carbons (Fsp3) is 0.400. The van der Waals surface area contributed by atoms with Gasteiger partial charge in [-0.1, -0.05) is 23.2 Å². The van der Waals surface area contributed by atoms with Gasteiger partial charge in [-0.2, -0.15) is 0 Å². The van der Waals surface area contributed by atoms with E-state index >= 15 is 0 Å². The minimum Gasteiger partial charge on any atom is -0.378 e. The van der Waals surface area contributed by atoms with Gasteiger partial charge in [0, 0.05) is 23.7 Å². The van der Waals surface area contributed by atoms with Crippen molar-refractivity contribution < 1.29 is 14.3 Å². The quantitative estimate of drug-likeness (QED) is 0.682. The molecule has 0 atom stereocenters. The van der Waals surface area contributed by atoms with Crippen molar-refractivity contribution in [3.8, 4) is 0 Å². The highest BCUT2D eigenvalue weighted by Gasteiger charge is 2.30. The highest BCUT2D eigenvalue weighted by Crippen LogP contribution is 2.39. The number of nitrogens with zero attached hydrogens (tertiary/aromatic N) is 1. The third-order valence-corrected chi connectivity index (χ3v) is 7.03. The lowest BCUT2D eigenvalue weighted by Gasteiger charge is -2.27. The molecule has 4 rings (SSSR count). The summed E-state index contributed by atoms with van der Waals surface area (Å²) in [6.07, 6.45) is 3.97. The number of morpholine rings is 1. The van der Waals surface area contributed by atoms with Crippen LogP contribution in [-0.4, -0.2) is 43.1 Å². The van der Waals surface area contributed by atoms with Gasteiger partial charge < -0.3 is 15.0 Å². The highest BCUT2D eigenvalue weighted by molar-refractivity contribution is 7.17. The van der Waals surface area contributed by atoms with E-state index in [1.54, 1.807) is 18.2 Å². The molecule has 1 aliphatic heterocycles. The number of hydrogen-bond acceptors (Lipinski definition) is 4. The van der Waals surface area contributed by atoms with E-state index in [0.29, 0.717) is 52.6 Å². The molecule has 9 heteroatoms. The average Bonchev–Trinajstić information content (AvgIpc) is 3.08. The number of carbonyl (C=O) groups excluding carboxylic acids is 2. The number of anilines is 2. The number of halogens is 2. The van der Waals surface area contributed by atoms with E-state index in [1.165, 1.54) is 16.2 Å². The molecule has 1 fully saturated rings. The molecule has 0 spiro atoms. The van der Waals surface area contributed by atoms with Crippen LogP contribution >= 0.6 is 34.5 Å². The Balaban J connectivity index is 1.57. The van der Waals surface area contributed by atoms with Crippen molar-refractivity contribution in [2.75, 3.05) is 36.9 Å². The molecule has 0 saturated carbocycles. The van der Waals surface area contributed by atoms with Gasteiger partial charge >= 0.3 is 6.03 Å². The molecular weight excluding hydrogens is 433 g/mol. The Kier molecular flexibility index (Phi) is 6.29. The van der Waals surface area contributed by atoms with E-state index in [1.807, 2.05) is 4.90 Å². The van der Waals surface area contributed by atoms with Gasteiger partial charge in [-0.05, 0) is 49.4 Å². The van der Waals surface area contributed by atoms with Crippen LogP contribution in [0.3, 0.4) is 0 Å². The van der Waals surface area contributed by atoms with E-state index in [2.05, 4.69) is 10.6 Å². The summed E-state index contributed by atoms with van der Waals surface area (Å²) in [5.74, 6) is -0.0301. The zero-order chi connectivity index (χ0) is 20.4. The Morgan fingerprint density at radius 2 is 1.79 bits per heavy atom. The smallest absolute Gasteiger partial charge is 0.324 e. The minimum atomic E-state index is -0.419. The van der Waals surface area contributed by atoms with Gasteiger partial charge in [0.25, 0.3) is 5.91 Å². The molecule has 3 amide bonds. The van der Waals surface area contributed by atoms with E-state index in [0.717, 1.165) is 31.2 Å². The lowest BCUT2D eigenvalue weighted by molar-refractivity contribution is 0.0303. The summed E-state index contributed by atoms with van der Waals surface area (Å²) in [5.41, 5.74) is 2.25. The number of ether oxygens (including phenoxy) is 1. The maximum atomic E-state index is 13.2. The lowest BCUT2D eigenvalue weighted by atomic mass is 9.95. The number of rotatable bonds is 3. The summed E-state index contributed by atoms with van der Waals surface area (Å²) < 4.78 is 5.37. The summed E-state index contributed by atoms with van der Waals surface area (Å²) in [7, 11) is 0. The first-order chi connectivity index (χ1) is 14.0. The van der Waals surface area contributed by atoms with Crippen molar-refractivity contribution >= 4 is 57.2 Å². The molecule has 154 valence electrons. The Morgan fingerprint density at radius 3 is 2.55 bits per heavy atom. The maximum Gasteiger partial charge on any atom is 0.324 e. The molecule has 1 aliphatic carbocycles. The van der Waals surface area contributed by atoms with Crippen LogP contribution in [0.2, 0.25) is 10.0 Å². The minimum absolute atomic E-state index is 0.0301. The Morgan fingerprint density at radius 1 is 1.03 bits per heavy atom. The zero-order valence-electron chi connectivity index (χ0n) is 15.7. The molecule has 0 unspecified atom stereocenters. The lowest BCUT2D eigenvalue weighted by Crippen LogP contribution is -2.41. The predicted octanol–water partition coefficient (Wildman–Crippen LogP) is 5.05. The first kappa shape index (κ1) is 20.5. The monoisotopic (exact) mass is 453 g/mol. The number of thiophene rings is 1. The molecule has 6 nitrogen and oxygen atoms in total. The number of hydrogen-bond donors (Lipinski definition) is 2. The van der Waals surface area contributed by atoms with E-state index in [9.17, 15) is 9.59 Å². The maximum absolute atomic E-state index is 13.2. The van der Waals surface area contributed by atoms with Gasteiger partial charge in [-0.15, -0.1) is 11.3 Å². The largest absolute Gasteiger partial charge is 0.378 e. The highest BCUT2D eigenvalue weighted by atomic mass is 35.5. The molecule has 0 radical (unpaired) electrons. The van der Waals surface area contributed by atoms with Gasteiger partial charge in [0.05, 0.1) is 28.8 Å². The third kappa shape index (κ3) is 4.53. The molecule has 29 heavy (non-hydrogen) atoms. The average molecular weight is 454 g/mol. The van der Waals surface area contributed by atoms with Crippen LogP contribution in [0, 0.1) is 0 Å². The van der Waals surface area contributed by atoms with Gasteiger partial charge in [-0.3, -0.25) is 10.1 Å². The van der Waals surface area contributed by atoms with Crippen LogP contribution in [-0.2, 0) is 17.6 Å². The summed E-state index contributed by atoms with van der Waals surface area (Å²) in [6, 6.07) is 4.46. The fourth-order valence-electron chi connectivity index (χ4n) is 3.64. The second-order valence-corrected chi connectivity index (χ2v) is 8.95. The molecule has 2 N–H and O–H groups in total. The van der Waals surface area contributed by atoms with Crippen molar-refractivity contribution in [2.24, 2.45) is 0 Å². The fourth-order valence-corrected chi connectivity index (χ4v) is 5.22. The second-order valence-electron chi connectivity index (χ2n) is 7.03. The number of urea groups is 1. The molecule has 1 saturated heterocycles. The van der Waals surface area contributed by atoms with Crippen LogP contribution in [0.4, 0.5) is 15.5 Å². The van der Waals surface area contributed by atoms with Crippen molar-refractivity contribution in [1.82, 2.24) is 4.90 Å². The normalized spacial score (nSPS) is 16.3. The third-order valence-electron chi connectivity index (χ3n) is 5.09. The number of benzene rings is 1. The van der Waals surface area contributed by atoms with Crippen molar-refractivity contribution in [3.63, 3.8) is 0 Å². The molecule has 2 aliphatic rings. The summed E-state index contributed by atoms with van der Waals surface area (Å²) in [4.78, 5) is 28.9. The van der Waals surface area contributed by atoms with Crippen LogP contribution in [0.1, 0.15) is 33.6 Å². The summed E-state index contributed by atoms with van der Waals surface area (Å²) in [5, 5.41) is 7.02. The number of nitrogens with one attached hydrogen (secondary N) is 2. The van der Waals surface area contributed by atoms with Gasteiger partial charge in [0.1, 0.15) is 5.00 Å². The standard InChI is InChI=1S/C20H21Cl2N3O3S/c21-14-6-5-12(11-15(14)22)23-20(27)24-18-17(13-3-1-2-4-16(13)29-18)19(26)25-7-9-28-10-8-25/h5-6,11H,1-4,7-10H2,(H2,23,24,27). The first-order valence-electron chi connectivity index (χ1n) is 9.57. The first-order valence-corrected chi connectivity index (χ1v) is 11.1. The molecule has 2 aromatic rings. The molecule has 0 bridgehead atoms. The topological polar surface area (TPSA) is 70.7 Å². The second kappa shape index (κ2) is 8.92. The van der Waals surface area contributed by atoms with Gasteiger partial charge in [-0.25, -0.2) is 4.79 Å². The van der Waals surface area contributed by atoms with Crippen LogP contribution < -0.4 is 10.6 Å². The molecule has 1 aromatic carbocycles. The number of carbonyl (C=O) groups is 2. The van der Waals surface area contributed by atoms with E-state index in [4.69, 9.17) is 27.9 Å². The zero-order valence-corrected chi connectivity index (χ0v) is 18.1. The van der Waals surface area contributed by atoms with Gasteiger partial charge in [0.15, 0.2) is 0 Å². The summed E-state index contributed by atoms with van der Waals surface area (Å²) in [6.45, 7) is 2.22. The SMILES string of the molecule is O=C(Nc1ccc(Cl)c(Cl)c1)Nc1sc2c(c1C(=O)N1CCOCC1)CCCC2.